The Morgan fingerprint density at radius 2 is 1.63 bits per heavy atom. The zero-order chi connectivity index (χ0) is 19.1. The summed E-state index contributed by atoms with van der Waals surface area (Å²) in [5.74, 6) is -0.204. The van der Waals surface area contributed by atoms with E-state index >= 15 is 0 Å². The number of amides is 2. The van der Waals surface area contributed by atoms with Crippen molar-refractivity contribution < 1.29 is 9.59 Å². The third-order valence-electron chi connectivity index (χ3n) is 4.74. The van der Waals surface area contributed by atoms with Crippen molar-refractivity contribution >= 4 is 28.9 Å². The number of rotatable bonds is 7. The first-order chi connectivity index (χ1) is 13.1. The molecule has 0 aliphatic carbocycles. The molecule has 0 unspecified atom stereocenters. The second-order valence-electron chi connectivity index (χ2n) is 6.63. The Bertz CT molecular complexity index is 773. The monoisotopic (exact) mass is 366 g/mol. The van der Waals surface area contributed by atoms with Crippen LogP contribution in [0.1, 0.15) is 12.8 Å². The van der Waals surface area contributed by atoms with Gasteiger partial charge < -0.3 is 20.4 Å². The first-order valence-electron chi connectivity index (χ1n) is 9.31. The standard InChI is InChI=1S/C21H26N4O2/c1-24(17-9-3-2-4-10-17)19-12-6-5-11-18(19)22-15-20(26)23-16-21(27)25-13-7-8-14-25/h2-6,9-12,22H,7-8,13-16H2,1H3,(H,23,26). The molecule has 0 bridgehead atoms. The number of carbonyl (C=O) groups excluding carboxylic acids is 2. The average Bonchev–Trinajstić information content (AvgIpc) is 3.26. The van der Waals surface area contributed by atoms with Gasteiger partial charge in [-0.1, -0.05) is 30.3 Å². The molecular formula is C21H26N4O2. The van der Waals surface area contributed by atoms with E-state index in [2.05, 4.69) is 15.5 Å². The number of benzene rings is 2. The number of hydrogen-bond donors (Lipinski definition) is 2. The lowest BCUT2D eigenvalue weighted by Gasteiger charge is -2.23. The minimum absolute atomic E-state index is 0.00920. The van der Waals surface area contributed by atoms with Crippen LogP contribution in [0, 0.1) is 0 Å². The van der Waals surface area contributed by atoms with E-state index < -0.39 is 0 Å². The van der Waals surface area contributed by atoms with Crippen molar-refractivity contribution in [3.8, 4) is 0 Å². The highest BCUT2D eigenvalue weighted by Crippen LogP contribution is 2.30. The lowest BCUT2D eigenvalue weighted by atomic mass is 10.2. The van der Waals surface area contributed by atoms with Crippen LogP contribution in [0.3, 0.4) is 0 Å². The minimum atomic E-state index is -0.195. The van der Waals surface area contributed by atoms with Crippen LogP contribution in [0.2, 0.25) is 0 Å². The molecule has 27 heavy (non-hydrogen) atoms. The molecule has 2 amide bonds. The van der Waals surface area contributed by atoms with Crippen LogP contribution >= 0.6 is 0 Å². The summed E-state index contributed by atoms with van der Waals surface area (Å²) < 4.78 is 0. The molecule has 0 saturated carbocycles. The highest BCUT2D eigenvalue weighted by molar-refractivity contribution is 5.88. The molecule has 2 aromatic rings. The number of nitrogens with one attached hydrogen (secondary N) is 2. The van der Waals surface area contributed by atoms with Crippen molar-refractivity contribution in [2.75, 3.05) is 43.4 Å². The summed E-state index contributed by atoms with van der Waals surface area (Å²) in [6.07, 6.45) is 2.10. The van der Waals surface area contributed by atoms with Gasteiger partial charge in [0.1, 0.15) is 0 Å². The fourth-order valence-electron chi connectivity index (χ4n) is 3.20. The summed E-state index contributed by atoms with van der Waals surface area (Å²) in [7, 11) is 1.99. The molecule has 2 aromatic carbocycles. The van der Waals surface area contributed by atoms with Crippen LogP contribution in [-0.2, 0) is 9.59 Å². The van der Waals surface area contributed by atoms with Gasteiger partial charge in [0.15, 0.2) is 0 Å². The Kier molecular flexibility index (Phi) is 6.30. The Labute approximate surface area is 160 Å². The third kappa shape index (κ3) is 5.00. The Hall–Kier alpha value is -3.02. The van der Waals surface area contributed by atoms with Gasteiger partial charge in [0.2, 0.25) is 11.8 Å². The second kappa shape index (κ2) is 9.07. The number of para-hydroxylation sites is 3. The Balaban J connectivity index is 1.55. The molecule has 2 N–H and O–H groups in total. The zero-order valence-electron chi connectivity index (χ0n) is 15.6. The van der Waals surface area contributed by atoms with E-state index in [1.54, 1.807) is 4.90 Å². The van der Waals surface area contributed by atoms with Gasteiger partial charge in [-0.3, -0.25) is 9.59 Å². The molecule has 1 aliphatic heterocycles. The summed E-state index contributed by atoms with van der Waals surface area (Å²) in [5, 5.41) is 5.88. The van der Waals surface area contributed by atoms with Crippen molar-refractivity contribution in [1.82, 2.24) is 10.2 Å². The van der Waals surface area contributed by atoms with Gasteiger partial charge in [-0.15, -0.1) is 0 Å². The normalized spacial score (nSPS) is 13.3. The maximum atomic E-state index is 12.1. The summed E-state index contributed by atoms with van der Waals surface area (Å²) in [6, 6.07) is 17.9. The topological polar surface area (TPSA) is 64.7 Å². The van der Waals surface area contributed by atoms with E-state index in [0.29, 0.717) is 0 Å². The molecule has 3 rings (SSSR count). The molecule has 0 atom stereocenters. The van der Waals surface area contributed by atoms with E-state index in [0.717, 1.165) is 43.0 Å². The molecule has 1 aliphatic rings. The predicted octanol–water partition coefficient (Wildman–Crippen LogP) is 2.61. The van der Waals surface area contributed by atoms with E-state index in [9.17, 15) is 9.59 Å². The van der Waals surface area contributed by atoms with E-state index in [4.69, 9.17) is 0 Å². The Morgan fingerprint density at radius 3 is 2.37 bits per heavy atom. The third-order valence-corrected chi connectivity index (χ3v) is 4.74. The quantitative estimate of drug-likeness (QED) is 0.791. The van der Waals surface area contributed by atoms with Gasteiger partial charge in [0.05, 0.1) is 24.5 Å². The van der Waals surface area contributed by atoms with Crippen LogP contribution in [0.25, 0.3) is 0 Å². The minimum Gasteiger partial charge on any atom is -0.374 e. The molecule has 6 nitrogen and oxygen atoms in total. The second-order valence-corrected chi connectivity index (χ2v) is 6.63. The van der Waals surface area contributed by atoms with Gasteiger partial charge in [0.25, 0.3) is 0 Å². The van der Waals surface area contributed by atoms with Crippen molar-refractivity contribution in [1.29, 1.82) is 0 Å². The van der Waals surface area contributed by atoms with Gasteiger partial charge >= 0.3 is 0 Å². The number of anilines is 3. The van der Waals surface area contributed by atoms with Crippen molar-refractivity contribution in [3.63, 3.8) is 0 Å². The highest BCUT2D eigenvalue weighted by atomic mass is 16.2. The summed E-state index contributed by atoms with van der Waals surface area (Å²) in [5.41, 5.74) is 2.90. The van der Waals surface area contributed by atoms with Gasteiger partial charge in [0, 0.05) is 25.8 Å². The molecule has 1 saturated heterocycles. The van der Waals surface area contributed by atoms with E-state index in [1.165, 1.54) is 0 Å². The molecule has 1 fully saturated rings. The lowest BCUT2D eigenvalue weighted by molar-refractivity contribution is -0.131. The summed E-state index contributed by atoms with van der Waals surface area (Å²) in [4.78, 5) is 28.0. The SMILES string of the molecule is CN(c1ccccc1)c1ccccc1NCC(=O)NCC(=O)N1CCCC1. The number of hydrogen-bond acceptors (Lipinski definition) is 4. The first kappa shape index (κ1) is 18.8. The van der Waals surface area contributed by atoms with Crippen LogP contribution in [0.15, 0.2) is 54.6 Å². The summed E-state index contributed by atoms with van der Waals surface area (Å²) in [6.45, 7) is 1.78. The van der Waals surface area contributed by atoms with Crippen molar-refractivity contribution in [2.45, 2.75) is 12.8 Å². The molecule has 6 heteroatoms. The molecule has 142 valence electrons. The van der Waals surface area contributed by atoms with Gasteiger partial charge in [-0.05, 0) is 37.1 Å². The molecule has 0 aromatic heterocycles. The van der Waals surface area contributed by atoms with E-state index in [1.807, 2.05) is 61.6 Å². The number of likely N-dealkylation sites (tertiary alicyclic amines) is 1. The zero-order valence-corrected chi connectivity index (χ0v) is 15.6. The largest absolute Gasteiger partial charge is 0.374 e. The van der Waals surface area contributed by atoms with Crippen LogP contribution in [-0.4, -0.2) is 49.9 Å². The van der Waals surface area contributed by atoms with Crippen LogP contribution in [0.4, 0.5) is 17.1 Å². The number of carbonyl (C=O) groups is 2. The Morgan fingerprint density at radius 1 is 0.963 bits per heavy atom. The predicted molar refractivity (Wildman–Crippen MR) is 108 cm³/mol. The maximum Gasteiger partial charge on any atom is 0.241 e. The van der Waals surface area contributed by atoms with Crippen molar-refractivity contribution in [2.24, 2.45) is 0 Å². The smallest absolute Gasteiger partial charge is 0.241 e. The molecule has 1 heterocycles. The molecule has 0 spiro atoms. The number of nitrogens with zero attached hydrogens (tertiary/aromatic N) is 2. The maximum absolute atomic E-state index is 12.1. The lowest BCUT2D eigenvalue weighted by Crippen LogP contribution is -2.40. The van der Waals surface area contributed by atoms with E-state index in [-0.39, 0.29) is 24.9 Å². The van der Waals surface area contributed by atoms with Gasteiger partial charge in [-0.2, -0.15) is 0 Å². The van der Waals surface area contributed by atoms with Crippen LogP contribution in [0.5, 0.6) is 0 Å². The van der Waals surface area contributed by atoms with Gasteiger partial charge in [-0.25, -0.2) is 0 Å². The van der Waals surface area contributed by atoms with Crippen molar-refractivity contribution in [3.05, 3.63) is 54.6 Å². The highest BCUT2D eigenvalue weighted by Gasteiger charge is 2.18. The summed E-state index contributed by atoms with van der Waals surface area (Å²) >= 11 is 0. The average molecular weight is 366 g/mol. The fourth-order valence-corrected chi connectivity index (χ4v) is 3.20. The molecule has 0 radical (unpaired) electrons. The first-order valence-corrected chi connectivity index (χ1v) is 9.31. The van der Waals surface area contributed by atoms with Crippen LogP contribution < -0.4 is 15.5 Å². The molecular weight excluding hydrogens is 340 g/mol. The fraction of sp³-hybridized carbons (Fsp3) is 0.333.